The lowest BCUT2D eigenvalue weighted by Gasteiger charge is -2.10. The molecule has 100 valence electrons. The Kier molecular flexibility index (Phi) is 5.78. The van der Waals surface area contributed by atoms with Crippen molar-refractivity contribution in [2.24, 2.45) is 11.7 Å². The molecule has 0 spiro atoms. The van der Waals surface area contributed by atoms with Crippen molar-refractivity contribution in [3.05, 3.63) is 29.1 Å². The Morgan fingerprint density at radius 1 is 1.44 bits per heavy atom. The summed E-state index contributed by atoms with van der Waals surface area (Å²) in [4.78, 5) is 16.2. The van der Waals surface area contributed by atoms with Gasteiger partial charge in [-0.15, -0.1) is 0 Å². The third-order valence-electron chi connectivity index (χ3n) is 3.03. The summed E-state index contributed by atoms with van der Waals surface area (Å²) in [6.07, 6.45) is 2.00. The Labute approximate surface area is 109 Å². The molecule has 0 fully saturated rings. The van der Waals surface area contributed by atoms with Gasteiger partial charge >= 0.3 is 0 Å². The number of nitrogens with one attached hydrogen (secondary N) is 1. The standard InChI is InChI=1S/C14H23N3O/c1-10(9-15)5-4-8-16-14(18)13-7-6-11(2)17-12(13)3/h6-7,10H,4-5,8-9,15H2,1-3H3,(H,16,18). The molecule has 0 aliphatic rings. The van der Waals surface area contributed by atoms with Crippen LogP contribution in [0, 0.1) is 19.8 Å². The molecule has 3 N–H and O–H groups in total. The first-order chi connectivity index (χ1) is 8.54. The maximum absolute atomic E-state index is 11.9. The molecule has 0 aliphatic carbocycles. The smallest absolute Gasteiger partial charge is 0.253 e. The SMILES string of the molecule is Cc1ccc(C(=O)NCCCC(C)CN)c(C)n1. The minimum absolute atomic E-state index is 0.0413. The number of nitrogens with two attached hydrogens (primary N) is 1. The van der Waals surface area contributed by atoms with Crippen molar-refractivity contribution in [3.8, 4) is 0 Å². The van der Waals surface area contributed by atoms with Gasteiger partial charge in [0, 0.05) is 12.2 Å². The second-order valence-electron chi connectivity index (χ2n) is 4.82. The van der Waals surface area contributed by atoms with Crippen molar-refractivity contribution in [2.45, 2.75) is 33.6 Å². The number of hydrogen-bond acceptors (Lipinski definition) is 3. The summed E-state index contributed by atoms with van der Waals surface area (Å²) < 4.78 is 0. The summed E-state index contributed by atoms with van der Waals surface area (Å²) in [7, 11) is 0. The van der Waals surface area contributed by atoms with Crippen molar-refractivity contribution < 1.29 is 4.79 Å². The van der Waals surface area contributed by atoms with Gasteiger partial charge in [-0.25, -0.2) is 0 Å². The van der Waals surface area contributed by atoms with E-state index in [0.717, 1.165) is 24.2 Å². The van der Waals surface area contributed by atoms with E-state index in [2.05, 4.69) is 17.2 Å². The zero-order valence-corrected chi connectivity index (χ0v) is 11.5. The minimum atomic E-state index is -0.0413. The van der Waals surface area contributed by atoms with Gasteiger partial charge in [0.1, 0.15) is 0 Å². The zero-order chi connectivity index (χ0) is 13.5. The average molecular weight is 249 g/mol. The first-order valence-electron chi connectivity index (χ1n) is 6.47. The molecule has 1 atom stereocenters. The number of pyridine rings is 1. The highest BCUT2D eigenvalue weighted by Gasteiger charge is 2.09. The quantitative estimate of drug-likeness (QED) is 0.755. The van der Waals surface area contributed by atoms with Crippen molar-refractivity contribution in [3.63, 3.8) is 0 Å². The second-order valence-corrected chi connectivity index (χ2v) is 4.82. The molecular formula is C14H23N3O. The first-order valence-corrected chi connectivity index (χ1v) is 6.47. The molecule has 18 heavy (non-hydrogen) atoms. The molecule has 1 unspecified atom stereocenters. The van der Waals surface area contributed by atoms with Gasteiger partial charge in [-0.05, 0) is 51.3 Å². The van der Waals surface area contributed by atoms with Crippen LogP contribution in [0.15, 0.2) is 12.1 Å². The van der Waals surface area contributed by atoms with E-state index in [1.54, 1.807) is 0 Å². The van der Waals surface area contributed by atoms with Crippen LogP contribution < -0.4 is 11.1 Å². The molecule has 0 bridgehead atoms. The van der Waals surface area contributed by atoms with E-state index in [9.17, 15) is 4.79 Å². The van der Waals surface area contributed by atoms with Gasteiger partial charge < -0.3 is 11.1 Å². The predicted octanol–water partition coefficient (Wildman–Crippen LogP) is 1.80. The van der Waals surface area contributed by atoms with Crippen molar-refractivity contribution in [1.82, 2.24) is 10.3 Å². The molecule has 1 aromatic rings. The number of carbonyl (C=O) groups excluding carboxylic acids is 1. The molecule has 1 aromatic heterocycles. The maximum Gasteiger partial charge on any atom is 0.253 e. The molecule has 4 heteroatoms. The normalized spacial score (nSPS) is 12.2. The molecule has 4 nitrogen and oxygen atoms in total. The van der Waals surface area contributed by atoms with E-state index in [0.29, 0.717) is 24.6 Å². The number of aryl methyl sites for hydroxylation is 2. The topological polar surface area (TPSA) is 68.0 Å². The number of hydrogen-bond donors (Lipinski definition) is 2. The van der Waals surface area contributed by atoms with Crippen LogP contribution in [-0.4, -0.2) is 24.0 Å². The van der Waals surface area contributed by atoms with E-state index in [4.69, 9.17) is 5.73 Å². The molecule has 0 aliphatic heterocycles. The van der Waals surface area contributed by atoms with Crippen molar-refractivity contribution >= 4 is 5.91 Å². The van der Waals surface area contributed by atoms with Crippen LogP contribution in [0.3, 0.4) is 0 Å². The van der Waals surface area contributed by atoms with Crippen LogP contribution in [-0.2, 0) is 0 Å². The molecule has 1 rings (SSSR count). The molecule has 1 heterocycles. The maximum atomic E-state index is 11.9. The number of amides is 1. The van der Waals surface area contributed by atoms with Gasteiger partial charge in [0.05, 0.1) is 11.3 Å². The fourth-order valence-electron chi connectivity index (χ4n) is 1.79. The van der Waals surface area contributed by atoms with Crippen LogP contribution in [0.2, 0.25) is 0 Å². The first kappa shape index (κ1) is 14.6. The Morgan fingerprint density at radius 3 is 2.78 bits per heavy atom. The molecule has 0 aromatic carbocycles. The Morgan fingerprint density at radius 2 is 2.17 bits per heavy atom. The van der Waals surface area contributed by atoms with Gasteiger partial charge in [0.15, 0.2) is 0 Å². The number of carbonyl (C=O) groups is 1. The lowest BCUT2D eigenvalue weighted by molar-refractivity contribution is 0.0951. The number of nitrogens with zero attached hydrogens (tertiary/aromatic N) is 1. The molecule has 1 amide bonds. The van der Waals surface area contributed by atoms with E-state index in [1.165, 1.54) is 0 Å². The number of aromatic nitrogens is 1. The van der Waals surface area contributed by atoms with Crippen molar-refractivity contribution in [2.75, 3.05) is 13.1 Å². The van der Waals surface area contributed by atoms with Crippen LogP contribution in [0.25, 0.3) is 0 Å². The minimum Gasteiger partial charge on any atom is -0.352 e. The fourth-order valence-corrected chi connectivity index (χ4v) is 1.79. The van der Waals surface area contributed by atoms with Gasteiger partial charge in [-0.3, -0.25) is 9.78 Å². The fraction of sp³-hybridized carbons (Fsp3) is 0.571. The Bertz CT molecular complexity index is 404. The van der Waals surface area contributed by atoms with Gasteiger partial charge in [-0.1, -0.05) is 6.92 Å². The lowest BCUT2D eigenvalue weighted by Crippen LogP contribution is -2.26. The highest BCUT2D eigenvalue weighted by atomic mass is 16.1. The van der Waals surface area contributed by atoms with E-state index < -0.39 is 0 Å². The summed E-state index contributed by atoms with van der Waals surface area (Å²) in [5.74, 6) is 0.477. The number of rotatable bonds is 6. The molecule has 0 saturated carbocycles. The highest BCUT2D eigenvalue weighted by Crippen LogP contribution is 2.07. The monoisotopic (exact) mass is 249 g/mol. The van der Waals surface area contributed by atoms with Gasteiger partial charge in [0.25, 0.3) is 5.91 Å². The molecular weight excluding hydrogens is 226 g/mol. The summed E-state index contributed by atoms with van der Waals surface area (Å²) in [5.41, 5.74) is 7.91. The third kappa shape index (κ3) is 4.45. The van der Waals surface area contributed by atoms with Crippen molar-refractivity contribution in [1.29, 1.82) is 0 Å². The largest absolute Gasteiger partial charge is 0.352 e. The van der Waals surface area contributed by atoms with Gasteiger partial charge in [0.2, 0.25) is 0 Å². The summed E-state index contributed by atoms with van der Waals surface area (Å²) in [5, 5.41) is 2.92. The van der Waals surface area contributed by atoms with E-state index in [1.807, 2.05) is 26.0 Å². The Hall–Kier alpha value is -1.42. The Balaban J connectivity index is 2.41. The van der Waals surface area contributed by atoms with E-state index in [-0.39, 0.29) is 5.91 Å². The summed E-state index contributed by atoms with van der Waals surface area (Å²) in [6, 6.07) is 3.69. The summed E-state index contributed by atoms with van der Waals surface area (Å²) in [6.45, 7) is 7.29. The molecule has 0 radical (unpaired) electrons. The predicted molar refractivity (Wildman–Crippen MR) is 73.5 cm³/mol. The zero-order valence-electron chi connectivity index (χ0n) is 11.5. The highest BCUT2D eigenvalue weighted by molar-refractivity contribution is 5.95. The lowest BCUT2D eigenvalue weighted by atomic mass is 10.1. The van der Waals surface area contributed by atoms with E-state index >= 15 is 0 Å². The average Bonchev–Trinajstić information content (AvgIpc) is 2.34. The van der Waals surface area contributed by atoms with Crippen LogP contribution in [0.1, 0.15) is 41.5 Å². The second kappa shape index (κ2) is 7.11. The summed E-state index contributed by atoms with van der Waals surface area (Å²) >= 11 is 0. The van der Waals surface area contributed by atoms with Crippen LogP contribution in [0.5, 0.6) is 0 Å². The molecule has 0 saturated heterocycles. The van der Waals surface area contributed by atoms with Crippen LogP contribution in [0.4, 0.5) is 0 Å². The third-order valence-corrected chi connectivity index (χ3v) is 3.03. The van der Waals surface area contributed by atoms with Gasteiger partial charge in [-0.2, -0.15) is 0 Å². The van der Waals surface area contributed by atoms with Crippen LogP contribution >= 0.6 is 0 Å².